The molecule has 0 atom stereocenters. The fraction of sp³-hybridized carbons (Fsp3) is 0.800. The number of hydrogen-bond acceptors (Lipinski definition) is 2. The minimum atomic E-state index is 0.781. The first-order chi connectivity index (χ1) is 3.41. The highest BCUT2D eigenvalue weighted by Gasteiger charge is 1.57. The second-order valence-corrected chi connectivity index (χ2v) is 1.05. The predicted octanol–water partition coefficient (Wildman–Crippen LogP) is 1.20. The Kier molecular flexibility index (Phi) is 4.90. The van der Waals surface area contributed by atoms with Crippen LogP contribution in [-0.2, 0) is 0 Å². The van der Waals surface area contributed by atoms with E-state index in [1.54, 1.807) is 0 Å². The summed E-state index contributed by atoms with van der Waals surface area (Å²) in [6.07, 6.45) is 0. The van der Waals surface area contributed by atoms with E-state index in [1.807, 2.05) is 13.8 Å². The lowest BCUT2D eigenvalue weighted by molar-refractivity contribution is 1.10. The molecule has 0 fully saturated rings. The predicted molar refractivity (Wildman–Crippen MR) is 30.9 cm³/mol. The molecular weight excluding hydrogens is 88.1 g/mol. The van der Waals surface area contributed by atoms with Crippen molar-refractivity contribution in [1.29, 1.82) is 0 Å². The van der Waals surface area contributed by atoms with Gasteiger partial charge >= 0.3 is 0 Å². The molecule has 0 aliphatic heterocycles. The van der Waals surface area contributed by atoms with Crippen molar-refractivity contribution in [3.05, 3.63) is 0 Å². The van der Waals surface area contributed by atoms with Crippen molar-refractivity contribution in [2.75, 3.05) is 13.1 Å². The van der Waals surface area contributed by atoms with Crippen LogP contribution in [0.15, 0.2) is 9.98 Å². The van der Waals surface area contributed by atoms with Gasteiger partial charge < -0.3 is 0 Å². The standard InChI is InChI=1S/C5H10N2/c1-3-6-5-7-4-2/h3-4H2,1-2H3. The molecular formula is C5H10N2. The van der Waals surface area contributed by atoms with Crippen LogP contribution >= 0.6 is 0 Å². The topological polar surface area (TPSA) is 24.7 Å². The molecule has 0 radical (unpaired) electrons. The molecule has 0 bridgehead atoms. The zero-order valence-electron chi connectivity index (χ0n) is 4.81. The summed E-state index contributed by atoms with van der Waals surface area (Å²) in [6, 6.07) is 2.53. The quantitative estimate of drug-likeness (QED) is 0.464. The monoisotopic (exact) mass is 98.1 g/mol. The lowest BCUT2D eigenvalue weighted by atomic mass is 10.8. The van der Waals surface area contributed by atoms with Crippen molar-refractivity contribution in [2.24, 2.45) is 9.98 Å². The third-order valence-corrected chi connectivity index (χ3v) is 0.458. The first-order valence-electron chi connectivity index (χ1n) is 2.49. The van der Waals surface area contributed by atoms with Gasteiger partial charge in [0.15, 0.2) is 0 Å². The van der Waals surface area contributed by atoms with Gasteiger partial charge in [-0.2, -0.15) is 0 Å². The molecule has 2 nitrogen and oxygen atoms in total. The Bertz CT molecular complexity index is 72.1. The average molecular weight is 98.1 g/mol. The summed E-state index contributed by atoms with van der Waals surface area (Å²) in [7, 11) is 0. The number of rotatable bonds is 2. The average Bonchev–Trinajstić information content (AvgIpc) is 1.69. The Morgan fingerprint density at radius 1 is 1.14 bits per heavy atom. The summed E-state index contributed by atoms with van der Waals surface area (Å²) in [4.78, 5) is 7.49. The Morgan fingerprint density at radius 2 is 1.57 bits per heavy atom. The van der Waals surface area contributed by atoms with Crippen molar-refractivity contribution in [2.45, 2.75) is 13.8 Å². The fourth-order valence-electron chi connectivity index (χ4n) is 0.191. The van der Waals surface area contributed by atoms with Gasteiger partial charge in [0.2, 0.25) is 0 Å². The van der Waals surface area contributed by atoms with E-state index in [4.69, 9.17) is 0 Å². The Labute approximate surface area is 44.0 Å². The molecule has 0 aromatic heterocycles. The van der Waals surface area contributed by atoms with Crippen LogP contribution < -0.4 is 0 Å². The van der Waals surface area contributed by atoms with Crippen LogP contribution in [0.2, 0.25) is 0 Å². The molecule has 2 heteroatoms. The molecule has 0 aromatic rings. The van der Waals surface area contributed by atoms with Gasteiger partial charge in [0.25, 0.3) is 0 Å². The zero-order chi connectivity index (χ0) is 5.54. The summed E-state index contributed by atoms with van der Waals surface area (Å²) in [5.74, 6) is 0. The van der Waals surface area contributed by atoms with Crippen LogP contribution in [0.1, 0.15) is 13.8 Å². The molecule has 0 spiro atoms. The summed E-state index contributed by atoms with van der Waals surface area (Å²) in [6.45, 7) is 5.48. The van der Waals surface area contributed by atoms with E-state index < -0.39 is 0 Å². The van der Waals surface area contributed by atoms with Gasteiger partial charge in [0, 0.05) is 13.1 Å². The second kappa shape index (κ2) is 5.38. The van der Waals surface area contributed by atoms with Gasteiger partial charge in [0.1, 0.15) is 0 Å². The van der Waals surface area contributed by atoms with E-state index in [2.05, 4.69) is 16.0 Å². The highest BCUT2D eigenvalue weighted by molar-refractivity contribution is 5.40. The molecule has 0 unspecified atom stereocenters. The Balaban J connectivity index is 3.21. The maximum Gasteiger partial charge on any atom is 0.0892 e. The van der Waals surface area contributed by atoms with Crippen LogP contribution in [0, 0.1) is 0 Å². The first kappa shape index (κ1) is 6.38. The van der Waals surface area contributed by atoms with E-state index >= 15 is 0 Å². The van der Waals surface area contributed by atoms with Crippen molar-refractivity contribution in [3.8, 4) is 0 Å². The second-order valence-electron chi connectivity index (χ2n) is 1.05. The van der Waals surface area contributed by atoms with Gasteiger partial charge in [-0.1, -0.05) is 0 Å². The number of aliphatic imine (C=N–C) groups is 2. The van der Waals surface area contributed by atoms with Gasteiger partial charge in [-0.25, -0.2) is 9.98 Å². The largest absolute Gasteiger partial charge is 0.226 e. The van der Waals surface area contributed by atoms with Crippen LogP contribution in [0.3, 0.4) is 0 Å². The molecule has 0 aliphatic rings. The molecule has 0 amide bonds. The van der Waals surface area contributed by atoms with Crippen molar-refractivity contribution in [1.82, 2.24) is 0 Å². The molecule has 0 rings (SSSR count). The smallest absolute Gasteiger partial charge is 0.0892 e. The van der Waals surface area contributed by atoms with Crippen LogP contribution in [0.5, 0.6) is 0 Å². The van der Waals surface area contributed by atoms with E-state index in [0.29, 0.717) is 0 Å². The normalized spacial score (nSPS) is 7.14. The highest BCUT2D eigenvalue weighted by atomic mass is 14.8. The van der Waals surface area contributed by atoms with E-state index in [1.165, 1.54) is 0 Å². The summed E-state index contributed by atoms with van der Waals surface area (Å²) in [5, 5.41) is 0. The van der Waals surface area contributed by atoms with Gasteiger partial charge in [-0.05, 0) is 13.8 Å². The van der Waals surface area contributed by atoms with E-state index in [-0.39, 0.29) is 0 Å². The molecule has 0 N–H and O–H groups in total. The first-order valence-corrected chi connectivity index (χ1v) is 2.49. The molecule has 0 aromatic carbocycles. The highest BCUT2D eigenvalue weighted by Crippen LogP contribution is 1.61. The van der Waals surface area contributed by atoms with Gasteiger partial charge in [-0.15, -0.1) is 0 Å². The molecule has 0 saturated carbocycles. The van der Waals surface area contributed by atoms with Crippen molar-refractivity contribution >= 4 is 6.01 Å². The minimum Gasteiger partial charge on any atom is -0.226 e. The molecule has 40 valence electrons. The SMILES string of the molecule is CCN=C=NCC. The van der Waals surface area contributed by atoms with E-state index in [9.17, 15) is 0 Å². The maximum atomic E-state index is 3.74. The van der Waals surface area contributed by atoms with Crippen molar-refractivity contribution < 1.29 is 0 Å². The molecule has 0 saturated heterocycles. The maximum absolute atomic E-state index is 3.74. The third kappa shape index (κ3) is 5.38. The summed E-state index contributed by atoms with van der Waals surface area (Å²) in [5.41, 5.74) is 0. The van der Waals surface area contributed by atoms with Crippen molar-refractivity contribution in [3.63, 3.8) is 0 Å². The number of hydrogen-bond donors (Lipinski definition) is 0. The van der Waals surface area contributed by atoms with Gasteiger partial charge in [0.05, 0.1) is 6.01 Å². The Morgan fingerprint density at radius 3 is 1.86 bits per heavy atom. The fourth-order valence-corrected chi connectivity index (χ4v) is 0.191. The molecule has 0 heterocycles. The van der Waals surface area contributed by atoms with Gasteiger partial charge in [-0.3, -0.25) is 0 Å². The summed E-state index contributed by atoms with van der Waals surface area (Å²) >= 11 is 0. The number of nitrogens with zero attached hydrogens (tertiary/aromatic N) is 2. The van der Waals surface area contributed by atoms with Crippen LogP contribution in [0.25, 0.3) is 0 Å². The molecule has 7 heavy (non-hydrogen) atoms. The Hall–Kier alpha value is -0.620. The minimum absolute atomic E-state index is 0.781. The van der Waals surface area contributed by atoms with E-state index in [0.717, 1.165) is 13.1 Å². The zero-order valence-corrected chi connectivity index (χ0v) is 4.81. The summed E-state index contributed by atoms with van der Waals surface area (Å²) < 4.78 is 0. The lowest BCUT2D eigenvalue weighted by Crippen LogP contribution is -1.66. The third-order valence-electron chi connectivity index (χ3n) is 0.458. The van der Waals surface area contributed by atoms with Crippen LogP contribution in [0.4, 0.5) is 0 Å². The lowest BCUT2D eigenvalue weighted by Gasteiger charge is -1.68. The van der Waals surface area contributed by atoms with Crippen LogP contribution in [-0.4, -0.2) is 19.1 Å². The molecule has 0 aliphatic carbocycles.